The van der Waals surface area contributed by atoms with Gasteiger partial charge in [-0.15, -0.1) is 0 Å². The van der Waals surface area contributed by atoms with Crippen molar-refractivity contribution in [2.45, 2.75) is 32.6 Å². The van der Waals surface area contributed by atoms with E-state index in [1.165, 1.54) is 5.56 Å². The molecule has 1 aliphatic rings. The zero-order valence-electron chi connectivity index (χ0n) is 13.1. The third-order valence-electron chi connectivity index (χ3n) is 3.99. The lowest BCUT2D eigenvalue weighted by atomic mass is 10.1. The maximum Gasteiger partial charge on any atom is 0.222 e. The predicted octanol–water partition coefficient (Wildman–Crippen LogP) is 1.88. The lowest BCUT2D eigenvalue weighted by Gasteiger charge is -2.15. The highest BCUT2D eigenvalue weighted by Gasteiger charge is 2.29. The number of carbonyl (C=O) groups excluding carboxylic acids is 2. The quantitative estimate of drug-likeness (QED) is 0.782. The summed E-state index contributed by atoms with van der Waals surface area (Å²) in [6.07, 6.45) is 2.83. The molecule has 0 saturated carbocycles. The van der Waals surface area contributed by atoms with Crippen LogP contribution < -0.4 is 10.5 Å². The topological polar surface area (TPSA) is 72.6 Å². The summed E-state index contributed by atoms with van der Waals surface area (Å²) >= 11 is 0. The second kappa shape index (κ2) is 7.82. The van der Waals surface area contributed by atoms with Crippen molar-refractivity contribution in [2.24, 2.45) is 11.7 Å². The molecule has 0 unspecified atom stereocenters. The van der Waals surface area contributed by atoms with Crippen molar-refractivity contribution in [3.05, 3.63) is 29.8 Å². The average Bonchev–Trinajstić information content (AvgIpc) is 2.97. The summed E-state index contributed by atoms with van der Waals surface area (Å²) in [4.78, 5) is 24.9. The minimum absolute atomic E-state index is 0.110. The van der Waals surface area contributed by atoms with Crippen LogP contribution in [-0.2, 0) is 9.59 Å². The molecule has 2 N–H and O–H groups in total. The van der Waals surface area contributed by atoms with Gasteiger partial charge in [-0.25, -0.2) is 0 Å². The van der Waals surface area contributed by atoms with Gasteiger partial charge in [-0.3, -0.25) is 9.59 Å². The molecule has 2 amide bonds. The van der Waals surface area contributed by atoms with Crippen LogP contribution in [0.25, 0.3) is 0 Å². The number of primary amides is 1. The largest absolute Gasteiger partial charge is 0.494 e. The van der Waals surface area contributed by atoms with Gasteiger partial charge in [0.15, 0.2) is 0 Å². The number of likely N-dealkylation sites (tertiary alicyclic amines) is 1. The van der Waals surface area contributed by atoms with E-state index >= 15 is 0 Å². The van der Waals surface area contributed by atoms with Crippen LogP contribution in [0.2, 0.25) is 0 Å². The second-order valence-electron chi connectivity index (χ2n) is 5.85. The van der Waals surface area contributed by atoms with Crippen molar-refractivity contribution in [2.75, 3.05) is 19.7 Å². The van der Waals surface area contributed by atoms with E-state index in [9.17, 15) is 9.59 Å². The number of benzene rings is 1. The molecule has 0 bridgehead atoms. The minimum Gasteiger partial charge on any atom is -0.494 e. The first-order valence-electron chi connectivity index (χ1n) is 7.83. The predicted molar refractivity (Wildman–Crippen MR) is 84.4 cm³/mol. The van der Waals surface area contributed by atoms with Gasteiger partial charge in [0.05, 0.1) is 12.5 Å². The van der Waals surface area contributed by atoms with Gasteiger partial charge in [0.25, 0.3) is 0 Å². The lowest BCUT2D eigenvalue weighted by molar-refractivity contribution is -0.130. The molecule has 0 aliphatic carbocycles. The fourth-order valence-electron chi connectivity index (χ4n) is 2.65. The van der Waals surface area contributed by atoms with Gasteiger partial charge in [-0.05, 0) is 43.9 Å². The summed E-state index contributed by atoms with van der Waals surface area (Å²) in [5, 5.41) is 0. The van der Waals surface area contributed by atoms with Crippen LogP contribution in [0.5, 0.6) is 5.75 Å². The van der Waals surface area contributed by atoms with E-state index < -0.39 is 0 Å². The number of amides is 2. The summed E-state index contributed by atoms with van der Waals surface area (Å²) in [5.74, 6) is 0.505. The van der Waals surface area contributed by atoms with Crippen molar-refractivity contribution in [3.63, 3.8) is 0 Å². The van der Waals surface area contributed by atoms with Crippen molar-refractivity contribution >= 4 is 11.8 Å². The zero-order chi connectivity index (χ0) is 15.9. The van der Waals surface area contributed by atoms with Crippen molar-refractivity contribution in [1.82, 2.24) is 4.90 Å². The van der Waals surface area contributed by atoms with Crippen LogP contribution in [0.4, 0.5) is 0 Å². The number of hydrogen-bond acceptors (Lipinski definition) is 3. The summed E-state index contributed by atoms with van der Waals surface area (Å²) in [5.41, 5.74) is 6.44. The van der Waals surface area contributed by atoms with E-state index in [4.69, 9.17) is 10.5 Å². The molecule has 1 saturated heterocycles. The van der Waals surface area contributed by atoms with Gasteiger partial charge in [0, 0.05) is 19.5 Å². The number of rotatable bonds is 7. The van der Waals surface area contributed by atoms with E-state index in [2.05, 4.69) is 0 Å². The molecule has 5 nitrogen and oxygen atoms in total. The van der Waals surface area contributed by atoms with E-state index in [0.29, 0.717) is 32.5 Å². The van der Waals surface area contributed by atoms with Crippen LogP contribution in [-0.4, -0.2) is 36.4 Å². The van der Waals surface area contributed by atoms with Crippen LogP contribution in [0.1, 0.15) is 31.2 Å². The minimum atomic E-state index is -0.304. The van der Waals surface area contributed by atoms with E-state index in [0.717, 1.165) is 18.6 Å². The Hall–Kier alpha value is -2.04. The number of nitrogens with zero attached hydrogens (tertiary/aromatic N) is 1. The lowest BCUT2D eigenvalue weighted by Crippen LogP contribution is -2.31. The fourth-order valence-corrected chi connectivity index (χ4v) is 2.65. The van der Waals surface area contributed by atoms with Crippen LogP contribution in [0.3, 0.4) is 0 Å². The summed E-state index contributed by atoms with van der Waals surface area (Å²) in [6.45, 7) is 3.77. The highest BCUT2D eigenvalue weighted by Crippen LogP contribution is 2.17. The number of carbonyl (C=O) groups is 2. The van der Waals surface area contributed by atoms with Gasteiger partial charge in [-0.2, -0.15) is 0 Å². The van der Waals surface area contributed by atoms with Gasteiger partial charge in [-0.1, -0.05) is 12.1 Å². The Bertz CT molecular complexity index is 530. The Labute approximate surface area is 131 Å². The third-order valence-corrected chi connectivity index (χ3v) is 3.99. The molecule has 120 valence electrons. The van der Waals surface area contributed by atoms with E-state index in [1.807, 2.05) is 31.2 Å². The molecular formula is C17H24N2O3. The van der Waals surface area contributed by atoms with Crippen molar-refractivity contribution < 1.29 is 14.3 Å². The SMILES string of the molecule is Cc1cccc(OCCCCC(=O)N2CC[C@@H](C(N)=O)C2)c1. The van der Waals surface area contributed by atoms with E-state index in [-0.39, 0.29) is 17.7 Å². The molecule has 0 aromatic heterocycles. The molecule has 22 heavy (non-hydrogen) atoms. The van der Waals surface area contributed by atoms with Crippen LogP contribution >= 0.6 is 0 Å². The van der Waals surface area contributed by atoms with Gasteiger partial charge >= 0.3 is 0 Å². The normalized spacial score (nSPS) is 17.5. The van der Waals surface area contributed by atoms with Gasteiger partial charge in [0.1, 0.15) is 5.75 Å². The Balaban J connectivity index is 1.61. The molecule has 1 heterocycles. The Kier molecular flexibility index (Phi) is 5.81. The molecule has 1 aliphatic heterocycles. The Morgan fingerprint density at radius 2 is 2.18 bits per heavy atom. The van der Waals surface area contributed by atoms with Crippen LogP contribution in [0, 0.1) is 12.8 Å². The first-order valence-corrected chi connectivity index (χ1v) is 7.83. The van der Waals surface area contributed by atoms with Gasteiger partial charge < -0.3 is 15.4 Å². The maximum atomic E-state index is 12.0. The molecule has 2 rings (SSSR count). The maximum absolute atomic E-state index is 12.0. The molecule has 0 spiro atoms. The van der Waals surface area contributed by atoms with Gasteiger partial charge in [0.2, 0.25) is 11.8 Å². The molecule has 0 radical (unpaired) electrons. The average molecular weight is 304 g/mol. The van der Waals surface area contributed by atoms with E-state index in [1.54, 1.807) is 4.90 Å². The first kappa shape index (κ1) is 16.3. The summed E-state index contributed by atoms with van der Waals surface area (Å²) < 4.78 is 5.66. The van der Waals surface area contributed by atoms with Crippen molar-refractivity contribution in [1.29, 1.82) is 0 Å². The third kappa shape index (κ3) is 4.76. The number of hydrogen-bond donors (Lipinski definition) is 1. The standard InChI is InChI=1S/C17H24N2O3/c1-13-5-4-6-15(11-13)22-10-3-2-7-16(20)19-9-8-14(12-19)17(18)21/h4-6,11,14H,2-3,7-10,12H2,1H3,(H2,18,21)/t14-/m1/s1. The second-order valence-corrected chi connectivity index (χ2v) is 5.85. The molecule has 1 fully saturated rings. The molecule has 1 aromatic carbocycles. The zero-order valence-corrected chi connectivity index (χ0v) is 13.1. The number of ether oxygens (including phenoxy) is 1. The molecule has 1 atom stereocenters. The Morgan fingerprint density at radius 1 is 1.36 bits per heavy atom. The smallest absolute Gasteiger partial charge is 0.222 e. The molecule has 1 aromatic rings. The number of nitrogens with two attached hydrogens (primary N) is 1. The van der Waals surface area contributed by atoms with Crippen LogP contribution in [0.15, 0.2) is 24.3 Å². The Morgan fingerprint density at radius 3 is 2.86 bits per heavy atom. The monoisotopic (exact) mass is 304 g/mol. The molecule has 5 heteroatoms. The highest BCUT2D eigenvalue weighted by atomic mass is 16.5. The number of unbranched alkanes of at least 4 members (excludes halogenated alkanes) is 1. The summed E-state index contributed by atoms with van der Waals surface area (Å²) in [7, 11) is 0. The summed E-state index contributed by atoms with van der Waals surface area (Å²) in [6, 6.07) is 7.93. The molecular weight excluding hydrogens is 280 g/mol. The highest BCUT2D eigenvalue weighted by molar-refractivity contribution is 5.81. The van der Waals surface area contributed by atoms with Crippen molar-refractivity contribution in [3.8, 4) is 5.75 Å². The number of aryl methyl sites for hydroxylation is 1. The fraction of sp³-hybridized carbons (Fsp3) is 0.529. The first-order chi connectivity index (χ1) is 10.6.